The van der Waals surface area contributed by atoms with Crippen LogP contribution in [0, 0.1) is 0 Å². The van der Waals surface area contributed by atoms with E-state index in [4.69, 9.17) is 11.6 Å². The summed E-state index contributed by atoms with van der Waals surface area (Å²) in [6.07, 6.45) is 5.11. The molecular weight excluding hydrogens is 290 g/mol. The van der Waals surface area contributed by atoms with Gasteiger partial charge in [0.25, 0.3) is 5.95 Å². The molecule has 0 aliphatic carbocycles. The summed E-state index contributed by atoms with van der Waals surface area (Å²) in [6, 6.07) is 7.44. The Hall–Kier alpha value is -2.54. The van der Waals surface area contributed by atoms with E-state index >= 15 is 0 Å². The molecular formula is C13H12ClN7. The number of halogens is 1. The highest BCUT2D eigenvalue weighted by molar-refractivity contribution is 6.28. The Morgan fingerprint density at radius 3 is 2.76 bits per heavy atom. The lowest BCUT2D eigenvalue weighted by Crippen LogP contribution is -2.13. The van der Waals surface area contributed by atoms with Crippen molar-refractivity contribution in [1.29, 1.82) is 0 Å². The predicted octanol–water partition coefficient (Wildman–Crippen LogP) is 2.28. The first-order valence-electron chi connectivity index (χ1n) is 6.31. The van der Waals surface area contributed by atoms with Crippen LogP contribution in [0.3, 0.4) is 0 Å². The van der Waals surface area contributed by atoms with Crippen molar-refractivity contribution in [2.24, 2.45) is 0 Å². The maximum atomic E-state index is 5.94. The number of aromatic nitrogens is 6. The van der Waals surface area contributed by atoms with E-state index in [-0.39, 0.29) is 11.3 Å². The van der Waals surface area contributed by atoms with Crippen LogP contribution in [0.4, 0.5) is 5.95 Å². The summed E-state index contributed by atoms with van der Waals surface area (Å²) in [5.41, 5.74) is 0.884. The van der Waals surface area contributed by atoms with Crippen LogP contribution in [0.5, 0.6) is 0 Å². The molecule has 0 radical (unpaired) electrons. The van der Waals surface area contributed by atoms with Gasteiger partial charge in [0.05, 0.1) is 11.7 Å². The van der Waals surface area contributed by atoms with Crippen LogP contribution >= 0.6 is 11.6 Å². The van der Waals surface area contributed by atoms with Gasteiger partial charge in [-0.25, -0.2) is 4.68 Å². The van der Waals surface area contributed by atoms with E-state index in [0.29, 0.717) is 11.9 Å². The van der Waals surface area contributed by atoms with Crippen molar-refractivity contribution in [1.82, 2.24) is 29.7 Å². The summed E-state index contributed by atoms with van der Waals surface area (Å²) in [5, 5.41) is 7.33. The highest BCUT2D eigenvalue weighted by atomic mass is 35.5. The minimum Gasteiger partial charge on any atom is -0.346 e. The third-order valence-electron chi connectivity index (χ3n) is 2.78. The molecule has 3 aromatic rings. The van der Waals surface area contributed by atoms with Crippen molar-refractivity contribution in [2.75, 3.05) is 5.32 Å². The normalized spacial score (nSPS) is 12.1. The lowest BCUT2D eigenvalue weighted by molar-refractivity contribution is 0.775. The van der Waals surface area contributed by atoms with Gasteiger partial charge in [-0.2, -0.15) is 20.1 Å². The van der Waals surface area contributed by atoms with Gasteiger partial charge >= 0.3 is 0 Å². The second-order valence-corrected chi connectivity index (χ2v) is 4.64. The Bertz CT molecular complexity index is 715. The third-order valence-corrected chi connectivity index (χ3v) is 2.95. The van der Waals surface area contributed by atoms with Gasteiger partial charge in [-0.3, -0.25) is 4.98 Å². The molecule has 3 rings (SSSR count). The monoisotopic (exact) mass is 301 g/mol. The molecule has 0 bridgehead atoms. The number of nitrogens with one attached hydrogen (secondary N) is 1. The smallest absolute Gasteiger partial charge is 0.256 e. The molecule has 7 nitrogen and oxygen atoms in total. The average molecular weight is 302 g/mol. The van der Waals surface area contributed by atoms with Crippen LogP contribution in [-0.4, -0.2) is 29.7 Å². The van der Waals surface area contributed by atoms with Gasteiger partial charge in [0.2, 0.25) is 11.2 Å². The van der Waals surface area contributed by atoms with Crippen LogP contribution in [0.1, 0.15) is 18.7 Å². The van der Waals surface area contributed by atoms with Gasteiger partial charge < -0.3 is 5.32 Å². The maximum Gasteiger partial charge on any atom is 0.256 e. The van der Waals surface area contributed by atoms with Gasteiger partial charge in [0, 0.05) is 18.6 Å². The summed E-state index contributed by atoms with van der Waals surface area (Å²) in [4.78, 5) is 16.7. The predicted molar refractivity (Wildman–Crippen MR) is 78.2 cm³/mol. The molecule has 1 unspecified atom stereocenters. The van der Waals surface area contributed by atoms with Crippen molar-refractivity contribution in [3.8, 4) is 5.95 Å². The summed E-state index contributed by atoms with van der Waals surface area (Å²) in [6.45, 7) is 1.97. The Morgan fingerprint density at radius 2 is 2.05 bits per heavy atom. The molecule has 0 aromatic carbocycles. The van der Waals surface area contributed by atoms with Crippen LogP contribution in [0.25, 0.3) is 5.95 Å². The molecule has 0 saturated carbocycles. The third kappa shape index (κ3) is 3.14. The van der Waals surface area contributed by atoms with Crippen LogP contribution < -0.4 is 5.32 Å². The zero-order valence-corrected chi connectivity index (χ0v) is 11.9. The van der Waals surface area contributed by atoms with Gasteiger partial charge in [0.15, 0.2) is 0 Å². The van der Waals surface area contributed by atoms with Crippen molar-refractivity contribution >= 4 is 17.5 Å². The van der Waals surface area contributed by atoms with E-state index in [9.17, 15) is 0 Å². The number of hydrogen-bond acceptors (Lipinski definition) is 6. The Kier molecular flexibility index (Phi) is 3.74. The van der Waals surface area contributed by atoms with E-state index < -0.39 is 0 Å². The molecule has 1 N–H and O–H groups in total. The Labute approximate surface area is 126 Å². The van der Waals surface area contributed by atoms with Crippen molar-refractivity contribution in [3.05, 3.63) is 53.8 Å². The summed E-state index contributed by atoms with van der Waals surface area (Å²) in [5.74, 6) is 0.731. The maximum absolute atomic E-state index is 5.94. The zero-order chi connectivity index (χ0) is 14.7. The first-order valence-corrected chi connectivity index (χ1v) is 6.69. The number of hydrogen-bond donors (Lipinski definition) is 1. The number of nitrogens with zero attached hydrogens (tertiary/aromatic N) is 6. The molecule has 0 aliphatic heterocycles. The number of anilines is 1. The molecule has 0 aliphatic rings. The first kappa shape index (κ1) is 13.4. The van der Waals surface area contributed by atoms with E-state index in [1.54, 1.807) is 24.7 Å². The minimum atomic E-state index is -0.0601. The van der Waals surface area contributed by atoms with Crippen molar-refractivity contribution in [2.45, 2.75) is 13.0 Å². The van der Waals surface area contributed by atoms with Crippen molar-refractivity contribution in [3.63, 3.8) is 0 Å². The van der Waals surface area contributed by atoms with E-state index in [2.05, 4.69) is 30.4 Å². The average Bonchev–Trinajstić information content (AvgIpc) is 3.02. The number of pyridine rings is 1. The quantitative estimate of drug-likeness (QED) is 0.796. The molecule has 0 spiro atoms. The van der Waals surface area contributed by atoms with Gasteiger partial charge in [-0.15, -0.1) is 0 Å². The SMILES string of the molecule is CC(Nc1nc(Cl)nc(-n2cccn2)n1)c1ccccn1. The van der Waals surface area contributed by atoms with E-state index in [0.717, 1.165) is 5.69 Å². The molecule has 21 heavy (non-hydrogen) atoms. The topological polar surface area (TPSA) is 81.4 Å². The van der Waals surface area contributed by atoms with Gasteiger partial charge in [0.1, 0.15) is 0 Å². The molecule has 0 saturated heterocycles. The van der Waals surface area contributed by atoms with Crippen LogP contribution in [-0.2, 0) is 0 Å². The fourth-order valence-electron chi connectivity index (χ4n) is 1.79. The molecule has 8 heteroatoms. The Morgan fingerprint density at radius 1 is 1.14 bits per heavy atom. The fraction of sp³-hybridized carbons (Fsp3) is 0.154. The minimum absolute atomic E-state index is 0.0601. The first-order chi connectivity index (χ1) is 10.2. The van der Waals surface area contributed by atoms with Crippen molar-refractivity contribution < 1.29 is 0 Å². The highest BCUT2D eigenvalue weighted by Crippen LogP contribution is 2.16. The second kappa shape index (κ2) is 5.84. The highest BCUT2D eigenvalue weighted by Gasteiger charge is 2.11. The van der Waals surface area contributed by atoms with E-state index in [1.807, 2.05) is 25.1 Å². The van der Waals surface area contributed by atoms with Gasteiger partial charge in [-0.1, -0.05) is 6.07 Å². The fourth-order valence-corrected chi connectivity index (χ4v) is 1.95. The van der Waals surface area contributed by atoms with Crippen LogP contribution in [0.15, 0.2) is 42.9 Å². The van der Waals surface area contributed by atoms with Gasteiger partial charge in [-0.05, 0) is 36.7 Å². The lowest BCUT2D eigenvalue weighted by atomic mass is 10.2. The second-order valence-electron chi connectivity index (χ2n) is 4.30. The molecule has 106 valence electrons. The zero-order valence-electron chi connectivity index (χ0n) is 11.2. The van der Waals surface area contributed by atoms with Crippen LogP contribution in [0.2, 0.25) is 5.28 Å². The lowest BCUT2D eigenvalue weighted by Gasteiger charge is -2.13. The largest absolute Gasteiger partial charge is 0.346 e. The molecule has 3 heterocycles. The van der Waals surface area contributed by atoms with E-state index in [1.165, 1.54) is 4.68 Å². The standard InChI is InChI=1S/C13H12ClN7/c1-9(10-5-2-3-6-15-10)17-12-18-11(14)19-13(20-12)21-8-4-7-16-21/h2-9H,1H3,(H,17,18,19,20). The summed E-state index contributed by atoms with van der Waals surface area (Å²) >= 11 is 5.94. The summed E-state index contributed by atoms with van der Waals surface area (Å²) in [7, 11) is 0. The summed E-state index contributed by atoms with van der Waals surface area (Å²) < 4.78 is 1.52. The number of rotatable bonds is 4. The molecule has 3 aromatic heterocycles. The molecule has 1 atom stereocenters. The Balaban J connectivity index is 1.86. The molecule has 0 fully saturated rings. The molecule has 0 amide bonds.